The summed E-state index contributed by atoms with van der Waals surface area (Å²) in [5.74, 6) is 0. The van der Waals surface area contributed by atoms with E-state index in [-0.39, 0.29) is 0 Å². The van der Waals surface area contributed by atoms with Crippen LogP contribution in [0, 0.1) is 0 Å². The van der Waals surface area contributed by atoms with Gasteiger partial charge in [0.2, 0.25) is 0 Å². The van der Waals surface area contributed by atoms with Crippen molar-refractivity contribution in [3.05, 3.63) is 79.1 Å². The van der Waals surface area contributed by atoms with E-state index in [4.69, 9.17) is 0 Å². The van der Waals surface area contributed by atoms with Crippen LogP contribution in [0.3, 0.4) is 0 Å². The molecule has 110 valence electrons. The van der Waals surface area contributed by atoms with Gasteiger partial charge in [-0.1, -0.05) is 42.5 Å². The Hall–Kier alpha value is -2.61. The van der Waals surface area contributed by atoms with Gasteiger partial charge in [-0.05, 0) is 49.2 Å². The molecule has 0 saturated heterocycles. The number of pyridine rings is 1. The highest BCUT2D eigenvalue weighted by Gasteiger charge is 2.12. The standard InChI is InChI=1S/C20H20N2/c1-16(2)22(20-12-14-21-15-13-20)19-10-8-18(9-11-19)17-6-4-3-5-7-17/h3-16H,1-2H3. The largest absolute Gasteiger partial charge is 0.339 e. The summed E-state index contributed by atoms with van der Waals surface area (Å²) in [6.07, 6.45) is 3.67. The first-order valence-corrected chi connectivity index (χ1v) is 7.60. The van der Waals surface area contributed by atoms with Crippen molar-refractivity contribution in [2.75, 3.05) is 4.90 Å². The lowest BCUT2D eigenvalue weighted by atomic mass is 10.0. The molecule has 0 spiro atoms. The Balaban J connectivity index is 1.94. The summed E-state index contributed by atoms with van der Waals surface area (Å²) in [5.41, 5.74) is 4.84. The van der Waals surface area contributed by atoms with Crippen LogP contribution < -0.4 is 4.90 Å². The fourth-order valence-electron chi connectivity index (χ4n) is 2.70. The van der Waals surface area contributed by atoms with Crippen LogP contribution in [0.15, 0.2) is 79.1 Å². The molecule has 0 aliphatic rings. The monoisotopic (exact) mass is 288 g/mol. The maximum Gasteiger partial charge on any atom is 0.0444 e. The van der Waals surface area contributed by atoms with Gasteiger partial charge in [-0.2, -0.15) is 0 Å². The van der Waals surface area contributed by atoms with E-state index in [9.17, 15) is 0 Å². The van der Waals surface area contributed by atoms with Crippen molar-refractivity contribution in [2.24, 2.45) is 0 Å². The molecule has 0 unspecified atom stereocenters. The van der Waals surface area contributed by atoms with Crippen LogP contribution in [0.25, 0.3) is 11.1 Å². The van der Waals surface area contributed by atoms with Gasteiger partial charge in [-0.25, -0.2) is 0 Å². The van der Waals surface area contributed by atoms with E-state index in [0.717, 1.165) is 5.69 Å². The smallest absolute Gasteiger partial charge is 0.0444 e. The lowest BCUT2D eigenvalue weighted by Gasteiger charge is -2.29. The van der Waals surface area contributed by atoms with Crippen LogP contribution in [0.4, 0.5) is 11.4 Å². The van der Waals surface area contributed by atoms with Crippen LogP contribution in [0.5, 0.6) is 0 Å². The number of anilines is 2. The Morgan fingerprint density at radius 1 is 0.682 bits per heavy atom. The number of nitrogens with zero attached hydrogens (tertiary/aromatic N) is 2. The van der Waals surface area contributed by atoms with Crippen molar-refractivity contribution in [3.8, 4) is 11.1 Å². The fourth-order valence-corrected chi connectivity index (χ4v) is 2.70. The van der Waals surface area contributed by atoms with Crippen LogP contribution >= 0.6 is 0 Å². The van der Waals surface area contributed by atoms with E-state index in [2.05, 4.69) is 72.3 Å². The Morgan fingerprint density at radius 3 is 1.82 bits per heavy atom. The second-order valence-corrected chi connectivity index (χ2v) is 5.58. The molecule has 2 nitrogen and oxygen atoms in total. The topological polar surface area (TPSA) is 16.1 Å². The van der Waals surface area contributed by atoms with Gasteiger partial charge in [-0.3, -0.25) is 4.98 Å². The average Bonchev–Trinajstić information content (AvgIpc) is 2.57. The highest BCUT2D eigenvalue weighted by molar-refractivity contribution is 5.69. The summed E-state index contributed by atoms with van der Waals surface area (Å²) in [4.78, 5) is 6.42. The molecule has 1 heterocycles. The SMILES string of the molecule is CC(C)N(c1ccncc1)c1ccc(-c2ccccc2)cc1. The van der Waals surface area contributed by atoms with Crippen molar-refractivity contribution in [1.82, 2.24) is 4.98 Å². The predicted octanol–water partition coefficient (Wildman–Crippen LogP) is 5.30. The Kier molecular flexibility index (Phi) is 4.19. The summed E-state index contributed by atoms with van der Waals surface area (Å²) in [7, 11) is 0. The van der Waals surface area contributed by atoms with E-state index in [1.165, 1.54) is 16.8 Å². The predicted molar refractivity (Wildman–Crippen MR) is 93.4 cm³/mol. The van der Waals surface area contributed by atoms with Gasteiger partial charge in [0, 0.05) is 29.8 Å². The zero-order valence-corrected chi connectivity index (χ0v) is 13.0. The molecular formula is C20H20N2. The van der Waals surface area contributed by atoms with Gasteiger partial charge in [0.1, 0.15) is 0 Å². The minimum atomic E-state index is 0.380. The van der Waals surface area contributed by atoms with E-state index >= 15 is 0 Å². The highest BCUT2D eigenvalue weighted by atomic mass is 15.2. The molecule has 0 atom stereocenters. The first-order chi connectivity index (χ1) is 10.8. The molecule has 0 bridgehead atoms. The molecular weight excluding hydrogens is 268 g/mol. The van der Waals surface area contributed by atoms with Gasteiger partial charge >= 0.3 is 0 Å². The quantitative estimate of drug-likeness (QED) is 0.648. The van der Waals surface area contributed by atoms with Gasteiger partial charge in [-0.15, -0.1) is 0 Å². The maximum atomic E-state index is 4.11. The molecule has 2 heteroatoms. The van der Waals surface area contributed by atoms with Gasteiger partial charge < -0.3 is 4.90 Å². The summed E-state index contributed by atoms with van der Waals surface area (Å²) in [6, 6.07) is 23.7. The molecule has 0 N–H and O–H groups in total. The molecule has 2 aromatic carbocycles. The van der Waals surface area contributed by atoms with Crippen molar-refractivity contribution in [1.29, 1.82) is 0 Å². The molecule has 1 aromatic heterocycles. The molecule has 0 radical (unpaired) electrons. The number of aromatic nitrogens is 1. The van der Waals surface area contributed by atoms with Crippen LogP contribution in [0.2, 0.25) is 0 Å². The van der Waals surface area contributed by atoms with E-state index in [1.54, 1.807) is 0 Å². The molecule has 0 aliphatic carbocycles. The normalized spacial score (nSPS) is 10.7. The van der Waals surface area contributed by atoms with Crippen molar-refractivity contribution in [3.63, 3.8) is 0 Å². The zero-order chi connectivity index (χ0) is 15.4. The molecule has 0 fully saturated rings. The number of hydrogen-bond donors (Lipinski definition) is 0. The summed E-state index contributed by atoms with van der Waals surface area (Å²) < 4.78 is 0. The molecule has 22 heavy (non-hydrogen) atoms. The summed E-state index contributed by atoms with van der Waals surface area (Å²) in [5, 5.41) is 0. The van der Waals surface area contributed by atoms with Crippen molar-refractivity contribution >= 4 is 11.4 Å². The van der Waals surface area contributed by atoms with E-state index in [1.807, 2.05) is 30.6 Å². The average molecular weight is 288 g/mol. The lowest BCUT2D eigenvalue weighted by molar-refractivity contribution is 0.788. The van der Waals surface area contributed by atoms with Crippen molar-refractivity contribution in [2.45, 2.75) is 19.9 Å². The number of hydrogen-bond acceptors (Lipinski definition) is 2. The third-order valence-corrected chi connectivity index (χ3v) is 3.71. The molecule has 3 rings (SSSR count). The Labute approximate surface area is 132 Å². The summed E-state index contributed by atoms with van der Waals surface area (Å²) >= 11 is 0. The van der Waals surface area contributed by atoms with Gasteiger partial charge in [0.15, 0.2) is 0 Å². The minimum Gasteiger partial charge on any atom is -0.339 e. The molecule has 3 aromatic rings. The second-order valence-electron chi connectivity index (χ2n) is 5.58. The molecule has 0 amide bonds. The second kappa shape index (κ2) is 6.44. The highest BCUT2D eigenvalue weighted by Crippen LogP contribution is 2.29. The summed E-state index contributed by atoms with van der Waals surface area (Å²) in [6.45, 7) is 4.40. The van der Waals surface area contributed by atoms with Crippen LogP contribution in [-0.2, 0) is 0 Å². The minimum absolute atomic E-state index is 0.380. The first-order valence-electron chi connectivity index (χ1n) is 7.60. The lowest BCUT2D eigenvalue weighted by Crippen LogP contribution is -2.25. The van der Waals surface area contributed by atoms with Crippen LogP contribution in [0.1, 0.15) is 13.8 Å². The number of benzene rings is 2. The third-order valence-electron chi connectivity index (χ3n) is 3.71. The first kappa shape index (κ1) is 14.3. The Morgan fingerprint density at radius 2 is 1.23 bits per heavy atom. The zero-order valence-electron chi connectivity index (χ0n) is 13.0. The Bertz CT molecular complexity index is 704. The maximum absolute atomic E-state index is 4.11. The van der Waals surface area contributed by atoms with E-state index < -0.39 is 0 Å². The van der Waals surface area contributed by atoms with Gasteiger partial charge in [0.05, 0.1) is 0 Å². The fraction of sp³-hybridized carbons (Fsp3) is 0.150. The third kappa shape index (κ3) is 3.01. The van der Waals surface area contributed by atoms with Crippen molar-refractivity contribution < 1.29 is 0 Å². The molecule has 0 saturated carbocycles. The molecule has 0 aliphatic heterocycles. The van der Waals surface area contributed by atoms with E-state index in [0.29, 0.717) is 6.04 Å². The number of rotatable bonds is 4. The van der Waals surface area contributed by atoms with Gasteiger partial charge in [0.25, 0.3) is 0 Å². The van der Waals surface area contributed by atoms with Crippen LogP contribution in [-0.4, -0.2) is 11.0 Å².